The Bertz CT molecular complexity index is 811. The van der Waals surface area contributed by atoms with Crippen LogP contribution >= 0.6 is 0 Å². The van der Waals surface area contributed by atoms with E-state index in [1.807, 2.05) is 6.07 Å². The van der Waals surface area contributed by atoms with Crippen LogP contribution in [0, 0.1) is 0 Å². The number of aromatic nitrogens is 1. The summed E-state index contributed by atoms with van der Waals surface area (Å²) in [5, 5.41) is 0. The fourth-order valence-electron chi connectivity index (χ4n) is 1.87. The zero-order chi connectivity index (χ0) is 16.2. The number of carbonyl (C=O) groups excluding carboxylic acids is 1. The lowest BCUT2D eigenvalue weighted by atomic mass is 10.1. The summed E-state index contributed by atoms with van der Waals surface area (Å²) in [6.45, 7) is 0. The lowest BCUT2D eigenvalue weighted by Crippen LogP contribution is -2.03. The molecule has 0 spiro atoms. The molecule has 0 aliphatic rings. The highest BCUT2D eigenvalue weighted by Crippen LogP contribution is 2.25. The van der Waals surface area contributed by atoms with Crippen molar-refractivity contribution in [3.05, 3.63) is 59.9 Å². The maximum atomic E-state index is 12.1. The number of hydrogen-bond acceptors (Lipinski definition) is 5. The zero-order valence-electron chi connectivity index (χ0n) is 12.2. The summed E-state index contributed by atoms with van der Waals surface area (Å²) in [6, 6.07) is 7.86. The van der Waals surface area contributed by atoms with Crippen molar-refractivity contribution in [3.8, 4) is 5.75 Å². The number of carbonyl (C=O) groups is 1. The van der Waals surface area contributed by atoms with E-state index in [0.29, 0.717) is 5.56 Å². The van der Waals surface area contributed by atoms with Crippen molar-refractivity contribution >= 4 is 21.7 Å². The van der Waals surface area contributed by atoms with E-state index >= 15 is 0 Å². The highest BCUT2D eigenvalue weighted by atomic mass is 32.2. The maximum absolute atomic E-state index is 12.1. The van der Waals surface area contributed by atoms with Gasteiger partial charge in [0, 0.05) is 24.2 Å². The molecule has 2 aromatic rings. The molecule has 0 saturated carbocycles. The van der Waals surface area contributed by atoms with Crippen LogP contribution in [0.5, 0.6) is 5.75 Å². The molecular weight excluding hydrogens is 302 g/mol. The van der Waals surface area contributed by atoms with Gasteiger partial charge in [-0.15, -0.1) is 0 Å². The molecule has 0 aliphatic heterocycles. The Balaban J connectivity index is 2.30. The van der Waals surface area contributed by atoms with Gasteiger partial charge in [0.1, 0.15) is 10.6 Å². The molecule has 0 radical (unpaired) electrons. The summed E-state index contributed by atoms with van der Waals surface area (Å²) < 4.78 is 28.3. The van der Waals surface area contributed by atoms with Crippen LogP contribution in [-0.2, 0) is 9.84 Å². The van der Waals surface area contributed by atoms with Crippen LogP contribution in [-0.4, -0.2) is 32.6 Å². The Morgan fingerprint density at radius 3 is 2.64 bits per heavy atom. The van der Waals surface area contributed by atoms with Gasteiger partial charge in [-0.3, -0.25) is 9.78 Å². The van der Waals surface area contributed by atoms with Crippen LogP contribution in [0.4, 0.5) is 0 Å². The summed E-state index contributed by atoms with van der Waals surface area (Å²) in [5.41, 5.74) is 1.15. The van der Waals surface area contributed by atoms with E-state index in [1.54, 1.807) is 24.5 Å². The van der Waals surface area contributed by atoms with Gasteiger partial charge < -0.3 is 4.74 Å². The minimum atomic E-state index is -3.41. The van der Waals surface area contributed by atoms with E-state index in [9.17, 15) is 13.2 Å². The molecule has 0 amide bonds. The predicted octanol–water partition coefficient (Wildman–Crippen LogP) is 2.39. The smallest absolute Gasteiger partial charge is 0.185 e. The molecule has 2 rings (SSSR count). The van der Waals surface area contributed by atoms with Crippen LogP contribution in [0.2, 0.25) is 0 Å². The largest absolute Gasteiger partial charge is 0.495 e. The number of ether oxygens (including phenoxy) is 1. The monoisotopic (exact) mass is 317 g/mol. The molecule has 114 valence electrons. The quantitative estimate of drug-likeness (QED) is 0.625. The summed E-state index contributed by atoms with van der Waals surface area (Å²) in [5.74, 6) is -0.0923. The van der Waals surface area contributed by atoms with Gasteiger partial charge in [-0.25, -0.2) is 8.42 Å². The minimum absolute atomic E-state index is 0.0581. The highest BCUT2D eigenvalue weighted by Gasteiger charge is 2.16. The molecule has 0 saturated heterocycles. The Labute approximate surface area is 129 Å². The molecule has 1 heterocycles. The van der Waals surface area contributed by atoms with Crippen molar-refractivity contribution in [1.82, 2.24) is 4.98 Å². The van der Waals surface area contributed by atoms with Gasteiger partial charge in [0.15, 0.2) is 15.6 Å². The molecule has 1 aromatic heterocycles. The van der Waals surface area contributed by atoms with E-state index in [0.717, 1.165) is 11.8 Å². The Morgan fingerprint density at radius 1 is 1.27 bits per heavy atom. The third-order valence-corrected chi connectivity index (χ3v) is 4.10. The third-order valence-electron chi connectivity index (χ3n) is 2.96. The molecular formula is C16H15NO4S. The van der Waals surface area contributed by atoms with Gasteiger partial charge >= 0.3 is 0 Å². The van der Waals surface area contributed by atoms with Crippen LogP contribution < -0.4 is 4.74 Å². The number of ketones is 1. The number of pyridine rings is 1. The Morgan fingerprint density at radius 2 is 2.05 bits per heavy atom. The molecule has 22 heavy (non-hydrogen) atoms. The van der Waals surface area contributed by atoms with Gasteiger partial charge in [0.2, 0.25) is 0 Å². The first-order chi connectivity index (χ1) is 10.4. The molecule has 0 atom stereocenters. The number of sulfone groups is 1. The second kappa shape index (κ2) is 6.53. The second-order valence-corrected chi connectivity index (χ2v) is 6.61. The van der Waals surface area contributed by atoms with Crippen molar-refractivity contribution in [2.24, 2.45) is 0 Å². The van der Waals surface area contributed by atoms with Gasteiger partial charge in [-0.2, -0.15) is 0 Å². The van der Waals surface area contributed by atoms with E-state index in [2.05, 4.69) is 4.98 Å². The normalized spacial score (nSPS) is 11.5. The molecule has 0 bridgehead atoms. The standard InChI is InChI=1S/C16H15NO4S/c1-21-15-10-13(6-8-16(15)22(2,19)20)14(18)7-5-12-4-3-9-17-11-12/h3-11H,1-2H3/b7-5-. The van der Waals surface area contributed by atoms with E-state index < -0.39 is 9.84 Å². The minimum Gasteiger partial charge on any atom is -0.495 e. The first-order valence-electron chi connectivity index (χ1n) is 6.42. The van der Waals surface area contributed by atoms with E-state index in [-0.39, 0.29) is 16.4 Å². The molecule has 0 aliphatic carbocycles. The summed E-state index contributed by atoms with van der Waals surface area (Å²) in [4.78, 5) is 16.1. The molecule has 1 aromatic carbocycles. The fraction of sp³-hybridized carbons (Fsp3) is 0.125. The SMILES string of the molecule is COc1cc(C(=O)/C=C\c2cccnc2)ccc1S(C)(=O)=O. The number of allylic oxidation sites excluding steroid dienone is 1. The average Bonchev–Trinajstić information content (AvgIpc) is 2.52. The predicted molar refractivity (Wildman–Crippen MR) is 83.7 cm³/mol. The van der Waals surface area contributed by atoms with Crippen molar-refractivity contribution in [2.75, 3.05) is 13.4 Å². The van der Waals surface area contributed by atoms with Gasteiger partial charge in [-0.05, 0) is 42.0 Å². The lowest BCUT2D eigenvalue weighted by molar-refractivity contribution is 0.104. The molecule has 0 unspecified atom stereocenters. The summed E-state index contributed by atoms with van der Waals surface area (Å²) in [6.07, 6.45) is 7.43. The lowest BCUT2D eigenvalue weighted by Gasteiger charge is -2.07. The zero-order valence-corrected chi connectivity index (χ0v) is 13.0. The summed E-state index contributed by atoms with van der Waals surface area (Å²) in [7, 11) is -2.04. The second-order valence-electron chi connectivity index (χ2n) is 4.62. The molecule has 0 fully saturated rings. The van der Waals surface area contributed by atoms with Gasteiger partial charge in [-0.1, -0.05) is 6.07 Å². The molecule has 0 N–H and O–H groups in total. The summed E-state index contributed by atoms with van der Waals surface area (Å²) >= 11 is 0. The first kappa shape index (κ1) is 15.9. The Kier molecular flexibility index (Phi) is 4.72. The third kappa shape index (κ3) is 3.79. The number of rotatable bonds is 5. The van der Waals surface area contributed by atoms with E-state index in [4.69, 9.17) is 4.74 Å². The maximum Gasteiger partial charge on any atom is 0.185 e. The van der Waals surface area contributed by atoms with Crippen LogP contribution in [0.25, 0.3) is 6.08 Å². The van der Waals surface area contributed by atoms with Crippen molar-refractivity contribution in [2.45, 2.75) is 4.90 Å². The number of benzene rings is 1. The average molecular weight is 317 g/mol. The molecule has 6 heteroatoms. The van der Waals surface area contributed by atoms with E-state index in [1.165, 1.54) is 31.4 Å². The fourth-order valence-corrected chi connectivity index (χ4v) is 2.69. The number of nitrogens with zero attached hydrogens (tertiary/aromatic N) is 1. The first-order valence-corrected chi connectivity index (χ1v) is 8.31. The Hall–Kier alpha value is -2.47. The number of methoxy groups -OCH3 is 1. The van der Waals surface area contributed by atoms with Crippen LogP contribution in [0.15, 0.2) is 53.7 Å². The van der Waals surface area contributed by atoms with Crippen LogP contribution in [0.3, 0.4) is 0 Å². The highest BCUT2D eigenvalue weighted by molar-refractivity contribution is 7.90. The van der Waals surface area contributed by atoms with Crippen molar-refractivity contribution < 1.29 is 17.9 Å². The van der Waals surface area contributed by atoms with Gasteiger partial charge in [0.05, 0.1) is 7.11 Å². The number of hydrogen-bond donors (Lipinski definition) is 0. The van der Waals surface area contributed by atoms with Crippen molar-refractivity contribution in [3.63, 3.8) is 0 Å². The van der Waals surface area contributed by atoms with Crippen LogP contribution in [0.1, 0.15) is 15.9 Å². The van der Waals surface area contributed by atoms with Crippen molar-refractivity contribution in [1.29, 1.82) is 0 Å². The van der Waals surface area contributed by atoms with Gasteiger partial charge in [0.25, 0.3) is 0 Å². The topological polar surface area (TPSA) is 73.3 Å². The molecule has 5 nitrogen and oxygen atoms in total.